The molecule has 2 N–H and O–H groups in total. The van der Waals surface area contributed by atoms with E-state index in [2.05, 4.69) is 33.2 Å². The van der Waals surface area contributed by atoms with Gasteiger partial charge in [0.25, 0.3) is 11.8 Å². The molecule has 3 rings (SSSR count). The highest BCUT2D eigenvalue weighted by molar-refractivity contribution is 14.1. The number of amides is 2. The molecule has 0 saturated carbocycles. The third kappa shape index (κ3) is 5.52. The molecule has 156 valence electrons. The number of hydrogen-bond donors (Lipinski definition) is 2. The summed E-state index contributed by atoms with van der Waals surface area (Å²) in [6.45, 7) is 3.85. The van der Waals surface area contributed by atoms with Crippen molar-refractivity contribution in [2.75, 3.05) is 19.0 Å². The van der Waals surface area contributed by atoms with Gasteiger partial charge in [0.2, 0.25) is 0 Å². The SMILES string of the molecule is COc1cc(/C=C2\SC(=S)NC2=O)cc(I)c1OCC(=O)Nc1ccc(C)c(C)c1. The number of carbonyl (C=O) groups excluding carboxylic acids is 2. The van der Waals surface area contributed by atoms with Crippen molar-refractivity contribution in [1.82, 2.24) is 5.32 Å². The number of anilines is 1. The van der Waals surface area contributed by atoms with E-state index in [4.69, 9.17) is 21.7 Å². The first-order chi connectivity index (χ1) is 14.3. The molecule has 1 aliphatic rings. The second kappa shape index (κ2) is 9.80. The average Bonchev–Trinajstić information content (AvgIpc) is 3.00. The molecule has 1 heterocycles. The van der Waals surface area contributed by atoms with Crippen LogP contribution in [0.5, 0.6) is 11.5 Å². The number of aryl methyl sites for hydroxylation is 2. The fraction of sp³-hybridized carbons (Fsp3) is 0.190. The van der Waals surface area contributed by atoms with Gasteiger partial charge in [-0.2, -0.15) is 0 Å². The fourth-order valence-electron chi connectivity index (χ4n) is 2.69. The number of methoxy groups -OCH3 is 1. The van der Waals surface area contributed by atoms with Gasteiger partial charge in [0, 0.05) is 5.69 Å². The van der Waals surface area contributed by atoms with Crippen LogP contribution in [-0.4, -0.2) is 29.9 Å². The molecule has 0 spiro atoms. The predicted octanol–water partition coefficient (Wildman–Crippen LogP) is 4.42. The lowest BCUT2D eigenvalue weighted by molar-refractivity contribution is -0.118. The van der Waals surface area contributed by atoms with E-state index in [1.165, 1.54) is 18.9 Å². The van der Waals surface area contributed by atoms with Crippen LogP contribution in [0.2, 0.25) is 0 Å². The molecule has 1 saturated heterocycles. The third-order valence-electron chi connectivity index (χ3n) is 4.33. The summed E-state index contributed by atoms with van der Waals surface area (Å²) in [6, 6.07) is 9.34. The van der Waals surface area contributed by atoms with Crippen LogP contribution in [0, 0.1) is 17.4 Å². The average molecular weight is 554 g/mol. The molecular weight excluding hydrogens is 535 g/mol. The van der Waals surface area contributed by atoms with Gasteiger partial charge in [-0.15, -0.1) is 0 Å². The Morgan fingerprint density at radius 3 is 2.67 bits per heavy atom. The molecule has 2 amide bonds. The molecule has 9 heteroatoms. The Morgan fingerprint density at radius 1 is 1.27 bits per heavy atom. The lowest BCUT2D eigenvalue weighted by Gasteiger charge is -2.14. The highest BCUT2D eigenvalue weighted by Gasteiger charge is 2.22. The monoisotopic (exact) mass is 554 g/mol. The zero-order valence-electron chi connectivity index (χ0n) is 16.5. The van der Waals surface area contributed by atoms with E-state index in [0.717, 1.165) is 25.9 Å². The lowest BCUT2D eigenvalue weighted by atomic mass is 10.1. The maximum atomic E-state index is 12.3. The van der Waals surface area contributed by atoms with Crippen molar-refractivity contribution in [2.24, 2.45) is 0 Å². The van der Waals surface area contributed by atoms with E-state index in [9.17, 15) is 9.59 Å². The van der Waals surface area contributed by atoms with Crippen molar-refractivity contribution in [3.8, 4) is 11.5 Å². The largest absolute Gasteiger partial charge is 0.493 e. The molecule has 0 aromatic heterocycles. The van der Waals surface area contributed by atoms with Crippen molar-refractivity contribution >= 4 is 74.5 Å². The van der Waals surface area contributed by atoms with Gasteiger partial charge >= 0.3 is 0 Å². The summed E-state index contributed by atoms with van der Waals surface area (Å²) in [5, 5.41) is 5.42. The number of hydrogen-bond acceptors (Lipinski definition) is 6. The molecule has 0 aliphatic carbocycles. The van der Waals surface area contributed by atoms with Crippen LogP contribution >= 0.6 is 46.6 Å². The van der Waals surface area contributed by atoms with Gasteiger partial charge < -0.3 is 20.1 Å². The number of rotatable bonds is 6. The Bertz CT molecular complexity index is 1070. The number of thiocarbonyl (C=S) groups is 1. The van der Waals surface area contributed by atoms with Gasteiger partial charge in [-0.05, 0) is 83.5 Å². The van der Waals surface area contributed by atoms with E-state index in [1.54, 1.807) is 12.1 Å². The third-order valence-corrected chi connectivity index (χ3v) is 6.29. The Labute approximate surface area is 197 Å². The molecule has 1 aliphatic heterocycles. The summed E-state index contributed by atoms with van der Waals surface area (Å²) in [7, 11) is 1.52. The number of ether oxygens (including phenoxy) is 2. The molecule has 2 aromatic carbocycles. The Morgan fingerprint density at radius 2 is 2.03 bits per heavy atom. The molecule has 2 aromatic rings. The van der Waals surface area contributed by atoms with Crippen molar-refractivity contribution < 1.29 is 19.1 Å². The van der Waals surface area contributed by atoms with E-state index in [1.807, 2.05) is 38.1 Å². The topological polar surface area (TPSA) is 76.7 Å². The summed E-state index contributed by atoms with van der Waals surface area (Å²) in [5.74, 6) is 0.449. The van der Waals surface area contributed by atoms with Crippen molar-refractivity contribution in [1.29, 1.82) is 0 Å². The number of nitrogens with one attached hydrogen (secondary N) is 2. The van der Waals surface area contributed by atoms with Gasteiger partial charge in [-0.3, -0.25) is 9.59 Å². The number of benzene rings is 2. The van der Waals surface area contributed by atoms with E-state index >= 15 is 0 Å². The van der Waals surface area contributed by atoms with Crippen LogP contribution in [0.4, 0.5) is 5.69 Å². The minimum atomic E-state index is -0.269. The molecule has 0 bridgehead atoms. The van der Waals surface area contributed by atoms with E-state index < -0.39 is 0 Å². The normalized spacial score (nSPS) is 14.6. The zero-order valence-corrected chi connectivity index (χ0v) is 20.3. The Hall–Kier alpha value is -2.11. The fourth-order valence-corrected chi connectivity index (χ4v) is 4.51. The minimum absolute atomic E-state index is 0.160. The van der Waals surface area contributed by atoms with Crippen LogP contribution in [0.1, 0.15) is 16.7 Å². The smallest absolute Gasteiger partial charge is 0.263 e. The molecule has 6 nitrogen and oxygen atoms in total. The quantitative estimate of drug-likeness (QED) is 0.313. The van der Waals surface area contributed by atoms with Crippen molar-refractivity contribution in [3.05, 3.63) is 55.5 Å². The zero-order chi connectivity index (χ0) is 21.8. The summed E-state index contributed by atoms with van der Waals surface area (Å²) in [5.41, 5.74) is 3.75. The lowest BCUT2D eigenvalue weighted by Crippen LogP contribution is -2.20. The second-order valence-electron chi connectivity index (χ2n) is 6.52. The predicted molar refractivity (Wildman–Crippen MR) is 132 cm³/mol. The standard InChI is InChI=1S/C21H19IN2O4S2/c1-11-4-5-14(6-12(11)2)23-18(25)10-28-19-15(22)7-13(8-16(19)27-3)9-17-20(26)24-21(29)30-17/h4-9H,10H2,1-3H3,(H,23,25)(H,24,26,29)/b17-9-. The Balaban J connectivity index is 1.72. The minimum Gasteiger partial charge on any atom is -0.493 e. The van der Waals surface area contributed by atoms with Crippen LogP contribution in [0.3, 0.4) is 0 Å². The number of thioether (sulfide) groups is 1. The highest BCUT2D eigenvalue weighted by Crippen LogP contribution is 2.36. The molecular formula is C21H19IN2O4S2. The summed E-state index contributed by atoms with van der Waals surface area (Å²) in [4.78, 5) is 24.7. The van der Waals surface area contributed by atoms with Gasteiger partial charge in [-0.25, -0.2) is 0 Å². The Kier molecular flexibility index (Phi) is 7.37. The van der Waals surface area contributed by atoms with Crippen LogP contribution < -0.4 is 20.1 Å². The summed E-state index contributed by atoms with van der Waals surface area (Å²) in [6.07, 6.45) is 1.74. The number of carbonyl (C=O) groups is 2. The van der Waals surface area contributed by atoms with Gasteiger partial charge in [0.15, 0.2) is 18.1 Å². The molecule has 1 fully saturated rings. The summed E-state index contributed by atoms with van der Waals surface area (Å²) >= 11 is 8.33. The maximum Gasteiger partial charge on any atom is 0.263 e. The first kappa shape index (κ1) is 22.6. The van der Waals surface area contributed by atoms with Gasteiger partial charge in [-0.1, -0.05) is 30.0 Å². The van der Waals surface area contributed by atoms with Crippen molar-refractivity contribution in [2.45, 2.75) is 13.8 Å². The molecule has 0 atom stereocenters. The molecule has 0 radical (unpaired) electrons. The number of halogens is 1. The van der Waals surface area contributed by atoms with Crippen molar-refractivity contribution in [3.63, 3.8) is 0 Å². The van der Waals surface area contributed by atoms with Crippen LogP contribution in [0.15, 0.2) is 35.2 Å². The van der Waals surface area contributed by atoms with Crippen LogP contribution in [-0.2, 0) is 9.59 Å². The van der Waals surface area contributed by atoms with E-state index in [0.29, 0.717) is 20.7 Å². The van der Waals surface area contributed by atoms with Gasteiger partial charge in [0.1, 0.15) is 4.32 Å². The first-order valence-corrected chi connectivity index (χ1v) is 11.2. The van der Waals surface area contributed by atoms with Gasteiger partial charge in [0.05, 0.1) is 15.6 Å². The summed E-state index contributed by atoms with van der Waals surface area (Å²) < 4.78 is 12.4. The van der Waals surface area contributed by atoms with Crippen LogP contribution in [0.25, 0.3) is 6.08 Å². The second-order valence-corrected chi connectivity index (χ2v) is 9.40. The van der Waals surface area contributed by atoms with E-state index in [-0.39, 0.29) is 18.4 Å². The molecule has 30 heavy (non-hydrogen) atoms. The first-order valence-electron chi connectivity index (χ1n) is 8.89. The highest BCUT2D eigenvalue weighted by atomic mass is 127. The maximum absolute atomic E-state index is 12.3. The molecule has 0 unspecified atom stereocenters.